The van der Waals surface area contributed by atoms with Gasteiger partial charge in [-0.1, -0.05) is 0 Å². The standard InChI is InChI=1S/C13H17N3O/c1-17-11-3-2-6-16(9-11)13-7-10(8-14)4-5-12(13)15/h4-5,7,11H,2-3,6,9,15H2,1H3. The Morgan fingerprint density at radius 1 is 1.53 bits per heavy atom. The van der Waals surface area contributed by atoms with E-state index in [4.69, 9.17) is 15.7 Å². The average molecular weight is 231 g/mol. The van der Waals surface area contributed by atoms with Crippen LogP contribution >= 0.6 is 0 Å². The Bertz CT molecular complexity index is 439. The lowest BCUT2D eigenvalue weighted by molar-refractivity contribution is 0.0894. The quantitative estimate of drug-likeness (QED) is 0.788. The van der Waals surface area contributed by atoms with E-state index in [2.05, 4.69) is 11.0 Å². The van der Waals surface area contributed by atoms with E-state index in [0.29, 0.717) is 5.56 Å². The van der Waals surface area contributed by atoms with Gasteiger partial charge >= 0.3 is 0 Å². The zero-order valence-electron chi connectivity index (χ0n) is 10.0. The number of rotatable bonds is 2. The molecule has 1 aromatic carbocycles. The summed E-state index contributed by atoms with van der Waals surface area (Å²) in [4.78, 5) is 2.20. The number of hydrogen-bond acceptors (Lipinski definition) is 4. The smallest absolute Gasteiger partial charge is 0.0992 e. The van der Waals surface area contributed by atoms with Gasteiger partial charge < -0.3 is 15.4 Å². The summed E-state index contributed by atoms with van der Waals surface area (Å²) in [5, 5.41) is 8.92. The van der Waals surface area contributed by atoms with Crippen LogP contribution in [-0.4, -0.2) is 26.3 Å². The van der Waals surface area contributed by atoms with Crippen molar-refractivity contribution in [1.29, 1.82) is 5.26 Å². The summed E-state index contributed by atoms with van der Waals surface area (Å²) >= 11 is 0. The lowest BCUT2D eigenvalue weighted by Gasteiger charge is -2.34. The number of nitrogen functional groups attached to an aromatic ring is 1. The fourth-order valence-electron chi connectivity index (χ4n) is 2.24. The van der Waals surface area contributed by atoms with Crippen molar-refractivity contribution >= 4 is 11.4 Å². The maximum atomic E-state index is 8.92. The number of benzene rings is 1. The van der Waals surface area contributed by atoms with E-state index in [1.165, 1.54) is 0 Å². The molecule has 1 aliphatic rings. The molecule has 0 saturated carbocycles. The molecule has 4 nitrogen and oxygen atoms in total. The Morgan fingerprint density at radius 2 is 2.35 bits per heavy atom. The van der Waals surface area contributed by atoms with Crippen molar-refractivity contribution in [3.8, 4) is 6.07 Å². The van der Waals surface area contributed by atoms with Crippen LogP contribution in [0.1, 0.15) is 18.4 Å². The van der Waals surface area contributed by atoms with E-state index in [0.717, 1.165) is 37.3 Å². The summed E-state index contributed by atoms with van der Waals surface area (Å²) < 4.78 is 5.39. The molecule has 2 rings (SSSR count). The van der Waals surface area contributed by atoms with Gasteiger partial charge in [0.15, 0.2) is 0 Å². The van der Waals surface area contributed by atoms with Crippen LogP contribution in [0.4, 0.5) is 11.4 Å². The normalized spacial score (nSPS) is 20.0. The Morgan fingerprint density at radius 3 is 3.06 bits per heavy atom. The highest BCUT2D eigenvalue weighted by atomic mass is 16.5. The second-order valence-electron chi connectivity index (χ2n) is 4.33. The van der Waals surface area contributed by atoms with Gasteiger partial charge in [-0.3, -0.25) is 0 Å². The molecule has 0 amide bonds. The molecule has 1 heterocycles. The second-order valence-corrected chi connectivity index (χ2v) is 4.33. The first kappa shape index (κ1) is 11.7. The minimum atomic E-state index is 0.258. The predicted octanol–water partition coefficient (Wildman–Crippen LogP) is 1.76. The van der Waals surface area contributed by atoms with Crippen LogP contribution < -0.4 is 10.6 Å². The highest BCUT2D eigenvalue weighted by molar-refractivity contribution is 5.69. The maximum absolute atomic E-state index is 8.92. The van der Waals surface area contributed by atoms with Crippen molar-refractivity contribution in [2.24, 2.45) is 0 Å². The van der Waals surface area contributed by atoms with Gasteiger partial charge in [-0.2, -0.15) is 5.26 Å². The number of hydrogen-bond donors (Lipinski definition) is 1. The number of ether oxygens (including phenoxy) is 1. The number of nitrogens with zero attached hydrogens (tertiary/aromatic N) is 2. The van der Waals surface area contributed by atoms with Gasteiger partial charge in [0, 0.05) is 20.2 Å². The van der Waals surface area contributed by atoms with Crippen LogP contribution in [-0.2, 0) is 4.74 Å². The summed E-state index contributed by atoms with van der Waals surface area (Å²) in [5.41, 5.74) is 8.29. The average Bonchev–Trinajstić information content (AvgIpc) is 2.39. The van der Waals surface area contributed by atoms with E-state index in [9.17, 15) is 0 Å². The summed E-state index contributed by atoms with van der Waals surface area (Å²) in [6.45, 7) is 1.81. The largest absolute Gasteiger partial charge is 0.397 e. The third-order valence-corrected chi connectivity index (χ3v) is 3.21. The Hall–Kier alpha value is -1.73. The Balaban J connectivity index is 2.24. The summed E-state index contributed by atoms with van der Waals surface area (Å²) in [6, 6.07) is 7.54. The number of nitrogens with two attached hydrogens (primary N) is 1. The molecule has 0 bridgehead atoms. The van der Waals surface area contributed by atoms with Gasteiger partial charge in [-0.05, 0) is 31.0 Å². The zero-order chi connectivity index (χ0) is 12.3. The molecule has 2 N–H and O–H groups in total. The number of methoxy groups -OCH3 is 1. The topological polar surface area (TPSA) is 62.3 Å². The van der Waals surface area contributed by atoms with Crippen molar-refractivity contribution in [3.05, 3.63) is 23.8 Å². The van der Waals surface area contributed by atoms with Gasteiger partial charge in [-0.15, -0.1) is 0 Å². The SMILES string of the molecule is COC1CCCN(c2cc(C#N)ccc2N)C1. The molecule has 1 saturated heterocycles. The monoisotopic (exact) mass is 231 g/mol. The maximum Gasteiger partial charge on any atom is 0.0992 e. The molecule has 90 valence electrons. The fourth-order valence-corrected chi connectivity index (χ4v) is 2.24. The summed E-state index contributed by atoms with van der Waals surface area (Å²) in [5.74, 6) is 0. The highest BCUT2D eigenvalue weighted by Crippen LogP contribution is 2.27. The molecule has 0 spiro atoms. The molecule has 1 atom stereocenters. The predicted molar refractivity (Wildman–Crippen MR) is 67.8 cm³/mol. The molecule has 4 heteroatoms. The molecule has 1 aromatic rings. The molecule has 0 aliphatic carbocycles. The third kappa shape index (κ3) is 2.51. The molecule has 0 aromatic heterocycles. The van der Waals surface area contributed by atoms with Crippen molar-refractivity contribution < 1.29 is 4.74 Å². The first-order chi connectivity index (χ1) is 8.24. The summed E-state index contributed by atoms with van der Waals surface area (Å²) in [6.07, 6.45) is 2.44. The van der Waals surface area contributed by atoms with Crippen molar-refractivity contribution in [1.82, 2.24) is 0 Å². The first-order valence-corrected chi connectivity index (χ1v) is 5.82. The lowest BCUT2D eigenvalue weighted by Crippen LogP contribution is -2.39. The minimum absolute atomic E-state index is 0.258. The van der Waals surface area contributed by atoms with Crippen molar-refractivity contribution in [3.63, 3.8) is 0 Å². The van der Waals surface area contributed by atoms with E-state index in [1.54, 1.807) is 19.2 Å². The second kappa shape index (κ2) is 5.07. The Labute approximate surface area is 102 Å². The van der Waals surface area contributed by atoms with Crippen LogP contribution in [0.2, 0.25) is 0 Å². The molecule has 1 unspecified atom stereocenters. The van der Waals surface area contributed by atoms with Gasteiger partial charge in [0.1, 0.15) is 0 Å². The summed E-state index contributed by atoms with van der Waals surface area (Å²) in [7, 11) is 1.74. The van der Waals surface area contributed by atoms with E-state index < -0.39 is 0 Å². The van der Waals surface area contributed by atoms with Gasteiger partial charge in [0.05, 0.1) is 29.1 Å². The van der Waals surface area contributed by atoms with Crippen molar-refractivity contribution in [2.45, 2.75) is 18.9 Å². The lowest BCUT2D eigenvalue weighted by atomic mass is 10.1. The van der Waals surface area contributed by atoms with E-state index in [-0.39, 0.29) is 6.10 Å². The molecule has 1 fully saturated rings. The molecular weight excluding hydrogens is 214 g/mol. The zero-order valence-corrected chi connectivity index (χ0v) is 10.0. The Kier molecular flexibility index (Phi) is 3.50. The molecule has 1 aliphatic heterocycles. The fraction of sp³-hybridized carbons (Fsp3) is 0.462. The van der Waals surface area contributed by atoms with Gasteiger partial charge in [0.2, 0.25) is 0 Å². The van der Waals surface area contributed by atoms with Crippen LogP contribution in [0, 0.1) is 11.3 Å². The van der Waals surface area contributed by atoms with Crippen LogP contribution in [0.25, 0.3) is 0 Å². The van der Waals surface area contributed by atoms with E-state index in [1.807, 2.05) is 6.07 Å². The molecule has 17 heavy (non-hydrogen) atoms. The van der Waals surface area contributed by atoms with Gasteiger partial charge in [-0.25, -0.2) is 0 Å². The van der Waals surface area contributed by atoms with Crippen LogP contribution in [0.5, 0.6) is 0 Å². The number of piperidine rings is 1. The molecular formula is C13H17N3O. The first-order valence-electron chi connectivity index (χ1n) is 5.82. The minimum Gasteiger partial charge on any atom is -0.397 e. The van der Waals surface area contributed by atoms with Crippen LogP contribution in [0.3, 0.4) is 0 Å². The molecule has 0 radical (unpaired) electrons. The number of nitriles is 1. The van der Waals surface area contributed by atoms with Crippen molar-refractivity contribution in [2.75, 3.05) is 30.8 Å². The van der Waals surface area contributed by atoms with E-state index >= 15 is 0 Å². The number of anilines is 2. The highest BCUT2D eigenvalue weighted by Gasteiger charge is 2.21. The van der Waals surface area contributed by atoms with Gasteiger partial charge in [0.25, 0.3) is 0 Å². The van der Waals surface area contributed by atoms with Crippen LogP contribution in [0.15, 0.2) is 18.2 Å². The third-order valence-electron chi connectivity index (χ3n) is 3.21.